The van der Waals surface area contributed by atoms with Crippen LogP contribution in [0.3, 0.4) is 0 Å². The van der Waals surface area contributed by atoms with Crippen molar-refractivity contribution in [2.45, 2.75) is 31.7 Å². The number of aliphatic hydroxyl groups is 1. The predicted octanol–water partition coefficient (Wildman–Crippen LogP) is 2.96. The van der Waals surface area contributed by atoms with Crippen molar-refractivity contribution in [3.05, 3.63) is 35.9 Å². The van der Waals surface area contributed by atoms with Crippen LogP contribution < -0.4 is 0 Å². The Bertz CT molecular complexity index is 493. The molecule has 22 heavy (non-hydrogen) atoms. The molecule has 1 heterocycles. The quantitative estimate of drug-likeness (QED) is 0.932. The van der Waals surface area contributed by atoms with E-state index in [0.29, 0.717) is 16.9 Å². The summed E-state index contributed by atoms with van der Waals surface area (Å²) in [5, 5.41) is 9.15. The fraction of sp³-hybridized carbons (Fsp3) is 0.533. The van der Waals surface area contributed by atoms with E-state index >= 15 is 0 Å². The van der Waals surface area contributed by atoms with Crippen LogP contribution in [0.2, 0.25) is 0 Å². The summed E-state index contributed by atoms with van der Waals surface area (Å²) in [6, 6.07) is 6.76. The Hall–Kier alpha value is -1.76. The normalized spacial score (nSPS) is 22.5. The highest BCUT2D eigenvalue weighted by atomic mass is 19.4. The van der Waals surface area contributed by atoms with Crippen LogP contribution in [0.1, 0.15) is 18.4 Å². The second-order valence-electron chi connectivity index (χ2n) is 5.30. The lowest BCUT2D eigenvalue weighted by Crippen LogP contribution is -2.56. The van der Waals surface area contributed by atoms with Crippen molar-refractivity contribution in [3.63, 3.8) is 0 Å². The zero-order valence-electron chi connectivity index (χ0n) is 11.9. The van der Waals surface area contributed by atoms with Gasteiger partial charge in [-0.15, -0.1) is 0 Å². The van der Waals surface area contributed by atoms with Crippen molar-refractivity contribution in [2.24, 2.45) is 5.92 Å². The number of ether oxygens (including phenoxy) is 1. The van der Waals surface area contributed by atoms with Crippen LogP contribution in [-0.4, -0.2) is 41.5 Å². The van der Waals surface area contributed by atoms with Crippen LogP contribution >= 0.6 is 0 Å². The molecule has 0 bridgehead atoms. The van der Waals surface area contributed by atoms with Gasteiger partial charge in [-0.3, -0.25) is 4.90 Å². The van der Waals surface area contributed by atoms with E-state index in [1.165, 1.54) is 0 Å². The van der Waals surface area contributed by atoms with E-state index in [9.17, 15) is 18.0 Å². The lowest BCUT2D eigenvalue weighted by molar-refractivity contribution is -0.203. The first kappa shape index (κ1) is 16.6. The van der Waals surface area contributed by atoms with Gasteiger partial charge in [0.1, 0.15) is 12.6 Å². The van der Waals surface area contributed by atoms with Crippen molar-refractivity contribution < 1.29 is 27.8 Å². The highest BCUT2D eigenvalue weighted by Gasteiger charge is 2.51. The number of halogens is 3. The first-order valence-corrected chi connectivity index (χ1v) is 7.08. The zero-order chi connectivity index (χ0) is 16.2. The fourth-order valence-electron chi connectivity index (χ4n) is 2.72. The van der Waals surface area contributed by atoms with Crippen LogP contribution in [-0.2, 0) is 11.3 Å². The summed E-state index contributed by atoms with van der Waals surface area (Å²) >= 11 is 0. The molecular formula is C15H18F3NO3. The van der Waals surface area contributed by atoms with Crippen molar-refractivity contribution in [2.75, 3.05) is 13.2 Å². The number of nitrogens with zero attached hydrogens (tertiary/aromatic N) is 1. The topological polar surface area (TPSA) is 49.8 Å². The van der Waals surface area contributed by atoms with Gasteiger partial charge in [-0.2, -0.15) is 13.2 Å². The fourth-order valence-corrected chi connectivity index (χ4v) is 2.72. The average molecular weight is 317 g/mol. The Morgan fingerprint density at radius 1 is 1.32 bits per heavy atom. The summed E-state index contributed by atoms with van der Waals surface area (Å²) in [7, 11) is 0. The van der Waals surface area contributed by atoms with E-state index in [4.69, 9.17) is 9.84 Å². The molecule has 1 amide bonds. The Labute approximate surface area is 126 Å². The minimum Gasteiger partial charge on any atom is -0.445 e. The first-order valence-electron chi connectivity index (χ1n) is 7.08. The second-order valence-corrected chi connectivity index (χ2v) is 5.30. The molecule has 0 spiro atoms. The van der Waals surface area contributed by atoms with Crippen LogP contribution in [0.5, 0.6) is 0 Å². The van der Waals surface area contributed by atoms with Gasteiger partial charge in [0.25, 0.3) is 0 Å². The monoisotopic (exact) mass is 317 g/mol. The molecule has 1 saturated heterocycles. The molecule has 1 aromatic rings. The summed E-state index contributed by atoms with van der Waals surface area (Å²) in [5.41, 5.74) is 0.704. The molecule has 1 N–H and O–H groups in total. The van der Waals surface area contributed by atoms with Crippen molar-refractivity contribution in [3.8, 4) is 0 Å². The van der Waals surface area contributed by atoms with E-state index in [2.05, 4.69) is 0 Å². The number of alkyl halides is 3. The van der Waals surface area contributed by atoms with Crippen LogP contribution in [0, 0.1) is 5.92 Å². The largest absolute Gasteiger partial charge is 0.445 e. The van der Waals surface area contributed by atoms with E-state index in [-0.39, 0.29) is 19.6 Å². The maximum atomic E-state index is 13.2. The maximum Gasteiger partial charge on any atom is 0.410 e. The number of carbonyl (C=O) groups is 1. The van der Waals surface area contributed by atoms with Crippen molar-refractivity contribution in [1.82, 2.24) is 4.90 Å². The molecule has 1 fully saturated rings. The number of amides is 1. The van der Waals surface area contributed by atoms with E-state index in [0.717, 1.165) is 0 Å². The molecule has 4 nitrogen and oxygen atoms in total. The Balaban J connectivity index is 2.05. The van der Waals surface area contributed by atoms with Gasteiger partial charge < -0.3 is 9.84 Å². The van der Waals surface area contributed by atoms with Crippen LogP contribution in [0.15, 0.2) is 30.3 Å². The molecule has 0 aromatic heterocycles. The van der Waals surface area contributed by atoms with Gasteiger partial charge in [0.2, 0.25) is 0 Å². The zero-order valence-corrected chi connectivity index (χ0v) is 11.9. The second kappa shape index (κ2) is 7.00. The SMILES string of the molecule is O=C(OCc1ccccc1)N1CCC[C@@H](CO)[C@H]1C(F)(F)F. The van der Waals surface area contributed by atoms with Gasteiger partial charge in [0.05, 0.1) is 0 Å². The number of rotatable bonds is 3. The molecule has 0 aliphatic carbocycles. The van der Waals surface area contributed by atoms with Gasteiger partial charge in [-0.25, -0.2) is 4.79 Å². The molecule has 0 unspecified atom stereocenters. The van der Waals surface area contributed by atoms with Gasteiger partial charge in [-0.05, 0) is 18.4 Å². The molecule has 122 valence electrons. The Morgan fingerprint density at radius 3 is 2.59 bits per heavy atom. The summed E-state index contributed by atoms with van der Waals surface area (Å²) in [6.07, 6.45) is -4.93. The summed E-state index contributed by atoms with van der Waals surface area (Å²) < 4.78 is 44.6. The highest BCUT2D eigenvalue weighted by Crippen LogP contribution is 2.36. The molecule has 2 atom stereocenters. The smallest absolute Gasteiger partial charge is 0.410 e. The standard InChI is InChI=1S/C15H18F3NO3/c16-15(17,18)13-12(9-20)7-4-8-19(13)14(21)22-10-11-5-2-1-3-6-11/h1-3,5-6,12-13,20H,4,7-10H2/t12-,13-/m0/s1. The van der Waals surface area contributed by atoms with Gasteiger partial charge in [0.15, 0.2) is 0 Å². The van der Waals surface area contributed by atoms with Crippen LogP contribution in [0.25, 0.3) is 0 Å². The third-order valence-corrected chi connectivity index (χ3v) is 3.77. The predicted molar refractivity (Wildman–Crippen MR) is 73.0 cm³/mol. The number of aliphatic hydroxyl groups excluding tert-OH is 1. The number of carbonyl (C=O) groups excluding carboxylic acids is 1. The number of hydrogen-bond acceptors (Lipinski definition) is 3. The molecule has 1 aromatic carbocycles. The molecule has 0 saturated carbocycles. The molecular weight excluding hydrogens is 299 g/mol. The number of hydrogen-bond donors (Lipinski definition) is 1. The molecule has 1 aliphatic rings. The third kappa shape index (κ3) is 3.91. The van der Waals surface area contributed by atoms with Crippen molar-refractivity contribution >= 4 is 6.09 Å². The molecule has 0 radical (unpaired) electrons. The van der Waals surface area contributed by atoms with Crippen LogP contribution in [0.4, 0.5) is 18.0 Å². The first-order chi connectivity index (χ1) is 10.4. The van der Waals surface area contributed by atoms with E-state index in [1.54, 1.807) is 30.3 Å². The van der Waals surface area contributed by atoms with Gasteiger partial charge in [-0.1, -0.05) is 30.3 Å². The number of piperidine rings is 1. The average Bonchev–Trinajstić information content (AvgIpc) is 2.52. The van der Waals surface area contributed by atoms with E-state index in [1.807, 2.05) is 0 Å². The summed E-state index contributed by atoms with van der Waals surface area (Å²) in [5.74, 6) is -1.00. The highest BCUT2D eigenvalue weighted by molar-refractivity contribution is 5.68. The summed E-state index contributed by atoms with van der Waals surface area (Å²) in [6.45, 7) is -0.703. The van der Waals surface area contributed by atoms with Gasteiger partial charge >= 0.3 is 12.3 Å². The Kier molecular flexibility index (Phi) is 5.28. The lowest BCUT2D eigenvalue weighted by Gasteiger charge is -2.40. The third-order valence-electron chi connectivity index (χ3n) is 3.77. The van der Waals surface area contributed by atoms with E-state index < -0.39 is 30.8 Å². The molecule has 7 heteroatoms. The molecule has 2 rings (SSSR count). The minimum absolute atomic E-state index is 0.0195. The van der Waals surface area contributed by atoms with Gasteiger partial charge in [0, 0.05) is 19.1 Å². The Morgan fingerprint density at radius 2 is 2.00 bits per heavy atom. The molecule has 1 aliphatic heterocycles. The minimum atomic E-state index is -4.58. The number of benzene rings is 1. The number of likely N-dealkylation sites (tertiary alicyclic amines) is 1. The summed E-state index contributed by atoms with van der Waals surface area (Å²) in [4.78, 5) is 12.7. The van der Waals surface area contributed by atoms with Crippen molar-refractivity contribution in [1.29, 1.82) is 0 Å². The maximum absolute atomic E-state index is 13.2. The lowest BCUT2D eigenvalue weighted by atomic mass is 9.89.